The molecule has 0 aliphatic rings. The summed E-state index contributed by atoms with van der Waals surface area (Å²) in [6.45, 7) is 3.99. The smallest absolute Gasteiger partial charge is 0.412 e. The molecule has 6 heteroatoms. The minimum Gasteiger partial charge on any atom is -0.496 e. The van der Waals surface area contributed by atoms with Gasteiger partial charge in [0.2, 0.25) is 0 Å². The van der Waals surface area contributed by atoms with E-state index >= 15 is 0 Å². The molecule has 1 amide bonds. The van der Waals surface area contributed by atoms with Crippen LogP contribution in [0.25, 0.3) is 0 Å². The molecule has 0 unspecified atom stereocenters. The predicted molar refractivity (Wildman–Crippen MR) is 92.7 cm³/mol. The van der Waals surface area contributed by atoms with Crippen molar-refractivity contribution in [2.75, 3.05) is 18.3 Å². The van der Waals surface area contributed by atoms with Crippen LogP contribution in [-0.2, 0) is 6.54 Å². The zero-order valence-electron chi connectivity index (χ0n) is 13.7. The number of thioether (sulfide) groups is 1. The van der Waals surface area contributed by atoms with Gasteiger partial charge in [0.05, 0.1) is 19.3 Å². The molecule has 0 aliphatic heterocycles. The summed E-state index contributed by atoms with van der Waals surface area (Å²) in [7, 11) is 1.61. The first-order valence-electron chi connectivity index (χ1n) is 7.11. The molecule has 122 valence electrons. The zero-order chi connectivity index (χ0) is 17.0. The highest BCUT2D eigenvalue weighted by Crippen LogP contribution is 2.27. The molecule has 5 nitrogen and oxygen atoms in total. The van der Waals surface area contributed by atoms with Crippen LogP contribution in [0.3, 0.4) is 0 Å². The summed E-state index contributed by atoms with van der Waals surface area (Å²) in [6, 6.07) is 7.45. The molecule has 0 fully saturated rings. The molecule has 1 heterocycles. The Morgan fingerprint density at radius 2 is 2.13 bits per heavy atom. The number of anilines is 1. The van der Waals surface area contributed by atoms with Crippen LogP contribution in [-0.4, -0.2) is 29.5 Å². The van der Waals surface area contributed by atoms with E-state index in [0.717, 1.165) is 21.8 Å². The largest absolute Gasteiger partial charge is 0.496 e. The van der Waals surface area contributed by atoms with Gasteiger partial charge in [-0.15, -0.1) is 11.8 Å². The molecule has 1 aromatic carbocycles. The number of benzene rings is 1. The van der Waals surface area contributed by atoms with Gasteiger partial charge in [0, 0.05) is 27.9 Å². The van der Waals surface area contributed by atoms with E-state index in [-0.39, 0.29) is 6.54 Å². The predicted octanol–water partition coefficient (Wildman–Crippen LogP) is 4.11. The number of aromatic nitrogens is 1. The van der Waals surface area contributed by atoms with Crippen molar-refractivity contribution in [3.05, 3.63) is 47.3 Å². The van der Waals surface area contributed by atoms with E-state index in [9.17, 15) is 9.90 Å². The minimum atomic E-state index is -1.01. The molecule has 1 aromatic heterocycles. The number of hydrogen-bond acceptors (Lipinski definition) is 4. The van der Waals surface area contributed by atoms with E-state index in [1.165, 1.54) is 4.90 Å². The van der Waals surface area contributed by atoms with Crippen molar-refractivity contribution in [1.82, 2.24) is 4.98 Å². The average molecular weight is 332 g/mol. The highest BCUT2D eigenvalue weighted by Gasteiger charge is 2.19. The van der Waals surface area contributed by atoms with Gasteiger partial charge >= 0.3 is 6.09 Å². The highest BCUT2D eigenvalue weighted by atomic mass is 32.2. The van der Waals surface area contributed by atoms with Crippen LogP contribution in [0, 0.1) is 13.8 Å². The first-order chi connectivity index (χ1) is 11.0. The van der Waals surface area contributed by atoms with Gasteiger partial charge in [-0.1, -0.05) is 6.07 Å². The molecule has 0 saturated heterocycles. The highest BCUT2D eigenvalue weighted by molar-refractivity contribution is 7.98. The van der Waals surface area contributed by atoms with Crippen molar-refractivity contribution >= 4 is 23.5 Å². The van der Waals surface area contributed by atoms with Gasteiger partial charge in [0.15, 0.2) is 0 Å². The molecule has 0 saturated carbocycles. The number of carbonyl (C=O) groups is 1. The maximum atomic E-state index is 11.7. The van der Waals surface area contributed by atoms with Crippen molar-refractivity contribution < 1.29 is 14.6 Å². The van der Waals surface area contributed by atoms with Gasteiger partial charge in [0.1, 0.15) is 5.75 Å². The number of aryl methyl sites for hydroxylation is 1. The normalized spacial score (nSPS) is 10.4. The summed E-state index contributed by atoms with van der Waals surface area (Å²) in [6.07, 6.45) is 2.66. The molecule has 2 aromatic rings. The third-order valence-corrected chi connectivity index (χ3v) is 4.38. The first kappa shape index (κ1) is 17.1. The fraction of sp³-hybridized carbons (Fsp3) is 0.294. The van der Waals surface area contributed by atoms with Crippen LogP contribution in [0.15, 0.2) is 35.4 Å². The summed E-state index contributed by atoms with van der Waals surface area (Å²) >= 11 is 1.57. The second kappa shape index (κ2) is 7.37. The van der Waals surface area contributed by atoms with Gasteiger partial charge in [0.25, 0.3) is 0 Å². The summed E-state index contributed by atoms with van der Waals surface area (Å²) in [4.78, 5) is 18.4. The lowest BCUT2D eigenvalue weighted by Crippen LogP contribution is -2.29. The van der Waals surface area contributed by atoms with Crippen LogP contribution < -0.4 is 9.64 Å². The Morgan fingerprint density at radius 1 is 1.39 bits per heavy atom. The molecule has 1 N–H and O–H groups in total. The number of carboxylic acid groups (broad SMARTS) is 1. The number of ether oxygens (including phenoxy) is 1. The van der Waals surface area contributed by atoms with E-state index in [1.54, 1.807) is 31.1 Å². The first-order valence-corrected chi connectivity index (χ1v) is 8.34. The summed E-state index contributed by atoms with van der Waals surface area (Å²) in [5.74, 6) is 0.748. The fourth-order valence-corrected chi connectivity index (χ4v) is 2.88. The Morgan fingerprint density at radius 3 is 2.74 bits per heavy atom. The van der Waals surface area contributed by atoms with Crippen molar-refractivity contribution in [3.63, 3.8) is 0 Å². The molecule has 0 atom stereocenters. The van der Waals surface area contributed by atoms with E-state index in [4.69, 9.17) is 4.74 Å². The maximum Gasteiger partial charge on any atom is 0.412 e. The lowest BCUT2D eigenvalue weighted by Gasteiger charge is -2.21. The summed E-state index contributed by atoms with van der Waals surface area (Å²) in [5, 5.41) is 9.58. The van der Waals surface area contributed by atoms with Crippen molar-refractivity contribution in [3.8, 4) is 5.75 Å². The number of pyridine rings is 1. The van der Waals surface area contributed by atoms with E-state index < -0.39 is 6.09 Å². The quantitative estimate of drug-likeness (QED) is 0.835. The third-order valence-electron chi connectivity index (χ3n) is 3.65. The maximum absolute atomic E-state index is 11.7. The Hall–Kier alpha value is -2.21. The molecule has 0 spiro atoms. The second-order valence-corrected chi connectivity index (χ2v) is 6.00. The van der Waals surface area contributed by atoms with Crippen molar-refractivity contribution in [1.29, 1.82) is 0 Å². The SMILES string of the molecule is COc1c(C)cnc(CN(C(=O)O)c2cccc(SC)c2)c1C. The minimum absolute atomic E-state index is 0.176. The lowest BCUT2D eigenvalue weighted by atomic mass is 10.1. The lowest BCUT2D eigenvalue weighted by molar-refractivity contribution is 0.201. The molecular formula is C17H20N2O3S. The number of rotatable bonds is 5. The van der Waals surface area contributed by atoms with Gasteiger partial charge in [-0.05, 0) is 38.3 Å². The van der Waals surface area contributed by atoms with Crippen molar-refractivity contribution in [2.45, 2.75) is 25.3 Å². The summed E-state index contributed by atoms with van der Waals surface area (Å²) < 4.78 is 5.39. The molecule has 23 heavy (non-hydrogen) atoms. The zero-order valence-corrected chi connectivity index (χ0v) is 14.5. The van der Waals surface area contributed by atoms with E-state index in [2.05, 4.69) is 4.98 Å². The van der Waals surface area contributed by atoms with Gasteiger partial charge < -0.3 is 9.84 Å². The van der Waals surface area contributed by atoms with Gasteiger partial charge in [-0.2, -0.15) is 0 Å². The van der Waals surface area contributed by atoms with Crippen LogP contribution in [0.4, 0.5) is 10.5 Å². The van der Waals surface area contributed by atoms with Gasteiger partial charge in [-0.25, -0.2) is 4.79 Å². The van der Waals surface area contributed by atoms with Gasteiger partial charge in [-0.3, -0.25) is 9.88 Å². The average Bonchev–Trinajstić information content (AvgIpc) is 2.54. The van der Waals surface area contributed by atoms with Crippen molar-refractivity contribution in [2.24, 2.45) is 0 Å². The number of methoxy groups -OCH3 is 1. The standard InChI is InChI=1S/C17H20N2O3S/c1-11-9-18-15(12(2)16(11)22-3)10-19(17(20)21)13-6-5-7-14(8-13)23-4/h5-9H,10H2,1-4H3,(H,20,21). The van der Waals surface area contributed by atoms with E-state index in [1.807, 2.05) is 38.3 Å². The number of amides is 1. The molecular weight excluding hydrogens is 312 g/mol. The molecule has 0 bridgehead atoms. The third kappa shape index (κ3) is 3.76. The van der Waals surface area contributed by atoms with Crippen LogP contribution in [0.5, 0.6) is 5.75 Å². The Bertz CT molecular complexity index is 719. The van der Waals surface area contributed by atoms with Crippen LogP contribution in [0.1, 0.15) is 16.8 Å². The Balaban J connectivity index is 2.39. The number of hydrogen-bond donors (Lipinski definition) is 1. The second-order valence-electron chi connectivity index (χ2n) is 5.12. The van der Waals surface area contributed by atoms with Crippen LogP contribution in [0.2, 0.25) is 0 Å². The number of nitrogens with zero attached hydrogens (tertiary/aromatic N) is 2. The Labute approximate surface area is 140 Å². The monoisotopic (exact) mass is 332 g/mol. The Kier molecular flexibility index (Phi) is 5.50. The molecule has 0 radical (unpaired) electrons. The van der Waals surface area contributed by atoms with Crippen LogP contribution >= 0.6 is 11.8 Å². The van der Waals surface area contributed by atoms with E-state index in [0.29, 0.717) is 11.4 Å². The molecule has 0 aliphatic carbocycles. The summed E-state index contributed by atoms with van der Waals surface area (Å²) in [5.41, 5.74) is 3.11. The molecule has 2 rings (SSSR count). The fourth-order valence-electron chi connectivity index (χ4n) is 2.43. The topological polar surface area (TPSA) is 62.7 Å².